The van der Waals surface area contributed by atoms with Gasteiger partial charge >= 0.3 is 0 Å². The van der Waals surface area contributed by atoms with Crippen LogP contribution in [0.2, 0.25) is 0 Å². The lowest BCUT2D eigenvalue weighted by Gasteiger charge is -2.40. The number of aromatic nitrogens is 4. The van der Waals surface area contributed by atoms with Gasteiger partial charge in [0.2, 0.25) is 0 Å². The van der Waals surface area contributed by atoms with Gasteiger partial charge in [-0.2, -0.15) is 0 Å². The third-order valence-electron chi connectivity index (χ3n) is 6.60. The number of rotatable bonds is 4. The molecule has 0 radical (unpaired) electrons. The van der Waals surface area contributed by atoms with E-state index in [1.54, 1.807) is 12.4 Å². The molecule has 2 saturated heterocycles. The number of nitrogens with zero attached hydrogens (tertiary/aromatic N) is 6. The van der Waals surface area contributed by atoms with Crippen molar-refractivity contribution in [3.05, 3.63) is 43.0 Å². The van der Waals surface area contributed by atoms with Gasteiger partial charge in [0.1, 0.15) is 5.82 Å². The maximum absolute atomic E-state index is 5.00. The Labute approximate surface area is 172 Å². The van der Waals surface area contributed by atoms with Crippen LogP contribution in [0.3, 0.4) is 0 Å². The lowest BCUT2D eigenvalue weighted by molar-refractivity contribution is 0.209. The molecule has 0 atom stereocenters. The van der Waals surface area contributed by atoms with Crippen molar-refractivity contribution in [2.24, 2.45) is 5.41 Å². The zero-order chi connectivity index (χ0) is 19.7. The Bertz CT molecular complexity index is 981. The lowest BCUT2D eigenvalue weighted by Crippen LogP contribution is -2.42. The SMILES string of the molecule is CCCN1CCC2(CCN(c3nc(-c4ccncc4)nc4cnccc34)CC2)C1. The van der Waals surface area contributed by atoms with Gasteiger partial charge in [-0.15, -0.1) is 0 Å². The summed E-state index contributed by atoms with van der Waals surface area (Å²) < 4.78 is 0. The summed E-state index contributed by atoms with van der Waals surface area (Å²) >= 11 is 0. The summed E-state index contributed by atoms with van der Waals surface area (Å²) in [6, 6.07) is 5.98. The van der Waals surface area contributed by atoms with E-state index in [2.05, 4.69) is 26.7 Å². The summed E-state index contributed by atoms with van der Waals surface area (Å²) in [6.45, 7) is 8.18. The third-order valence-corrected chi connectivity index (χ3v) is 6.60. The van der Waals surface area contributed by atoms with E-state index in [-0.39, 0.29) is 0 Å². The normalized spacial score (nSPS) is 19.3. The molecule has 0 aliphatic carbocycles. The number of piperidine rings is 1. The predicted molar refractivity (Wildman–Crippen MR) is 116 cm³/mol. The molecule has 0 amide bonds. The van der Waals surface area contributed by atoms with Crippen molar-refractivity contribution in [3.63, 3.8) is 0 Å². The first-order valence-electron chi connectivity index (χ1n) is 10.8. The highest BCUT2D eigenvalue weighted by Gasteiger charge is 2.40. The second kappa shape index (κ2) is 7.67. The minimum atomic E-state index is 0.504. The van der Waals surface area contributed by atoms with Crippen molar-refractivity contribution >= 4 is 16.7 Å². The quantitative estimate of drug-likeness (QED) is 0.678. The number of fused-ring (bicyclic) bond motifs is 1. The number of likely N-dealkylation sites (tertiary alicyclic amines) is 1. The molecule has 29 heavy (non-hydrogen) atoms. The van der Waals surface area contributed by atoms with Crippen molar-refractivity contribution < 1.29 is 0 Å². The van der Waals surface area contributed by atoms with Gasteiger partial charge in [0.05, 0.1) is 11.7 Å². The molecule has 5 heterocycles. The fraction of sp³-hybridized carbons (Fsp3) is 0.478. The van der Waals surface area contributed by atoms with E-state index in [0.717, 1.165) is 41.2 Å². The molecule has 2 fully saturated rings. The molecule has 2 aliphatic rings. The van der Waals surface area contributed by atoms with Crippen LogP contribution in [0.15, 0.2) is 43.0 Å². The molecule has 2 aliphatic heterocycles. The number of anilines is 1. The van der Waals surface area contributed by atoms with Crippen LogP contribution in [0.1, 0.15) is 32.6 Å². The van der Waals surface area contributed by atoms with E-state index in [9.17, 15) is 0 Å². The van der Waals surface area contributed by atoms with Crippen molar-refractivity contribution in [2.45, 2.75) is 32.6 Å². The highest BCUT2D eigenvalue weighted by Crippen LogP contribution is 2.42. The van der Waals surface area contributed by atoms with E-state index in [1.807, 2.05) is 30.6 Å². The first kappa shape index (κ1) is 18.4. The summed E-state index contributed by atoms with van der Waals surface area (Å²) in [5.41, 5.74) is 2.40. The van der Waals surface area contributed by atoms with Crippen LogP contribution in [0, 0.1) is 5.41 Å². The van der Waals surface area contributed by atoms with Gasteiger partial charge in [0.25, 0.3) is 0 Å². The molecule has 0 bridgehead atoms. The van der Waals surface area contributed by atoms with Gasteiger partial charge in [-0.05, 0) is 62.4 Å². The highest BCUT2D eigenvalue weighted by molar-refractivity contribution is 5.90. The minimum Gasteiger partial charge on any atom is -0.356 e. The summed E-state index contributed by atoms with van der Waals surface area (Å²) in [6.07, 6.45) is 12.3. The predicted octanol–water partition coefficient (Wildman–Crippen LogP) is 3.79. The van der Waals surface area contributed by atoms with Gasteiger partial charge < -0.3 is 9.80 Å². The monoisotopic (exact) mass is 388 g/mol. The summed E-state index contributed by atoms with van der Waals surface area (Å²) in [7, 11) is 0. The second-order valence-electron chi connectivity index (χ2n) is 8.51. The van der Waals surface area contributed by atoms with Gasteiger partial charge in [0.15, 0.2) is 5.82 Å². The number of pyridine rings is 2. The maximum atomic E-state index is 5.00. The molecule has 0 saturated carbocycles. The van der Waals surface area contributed by atoms with Crippen LogP contribution in [-0.4, -0.2) is 57.6 Å². The van der Waals surface area contributed by atoms with Crippen LogP contribution >= 0.6 is 0 Å². The average molecular weight is 389 g/mol. The zero-order valence-corrected chi connectivity index (χ0v) is 17.1. The second-order valence-corrected chi connectivity index (χ2v) is 8.51. The molecule has 5 rings (SSSR count). The van der Waals surface area contributed by atoms with Crippen LogP contribution in [0.5, 0.6) is 0 Å². The van der Waals surface area contributed by atoms with Crippen molar-refractivity contribution in [1.82, 2.24) is 24.8 Å². The van der Waals surface area contributed by atoms with Crippen molar-refractivity contribution in [3.8, 4) is 11.4 Å². The molecule has 3 aromatic rings. The van der Waals surface area contributed by atoms with Gasteiger partial charge in [0, 0.05) is 49.2 Å². The van der Waals surface area contributed by atoms with Crippen molar-refractivity contribution in [1.29, 1.82) is 0 Å². The summed E-state index contributed by atoms with van der Waals surface area (Å²) in [5, 5.41) is 1.09. The van der Waals surface area contributed by atoms with E-state index in [4.69, 9.17) is 9.97 Å². The maximum Gasteiger partial charge on any atom is 0.162 e. The molecular formula is C23H28N6. The number of hydrogen-bond acceptors (Lipinski definition) is 6. The Morgan fingerprint density at radius 3 is 2.48 bits per heavy atom. The van der Waals surface area contributed by atoms with Crippen molar-refractivity contribution in [2.75, 3.05) is 37.6 Å². The van der Waals surface area contributed by atoms with E-state index in [1.165, 1.54) is 45.3 Å². The molecule has 1 spiro atoms. The van der Waals surface area contributed by atoms with Crippen LogP contribution < -0.4 is 4.90 Å². The molecule has 6 nitrogen and oxygen atoms in total. The third kappa shape index (κ3) is 3.57. The van der Waals surface area contributed by atoms with Gasteiger partial charge in [-0.25, -0.2) is 9.97 Å². The van der Waals surface area contributed by atoms with E-state index < -0.39 is 0 Å². The van der Waals surface area contributed by atoms with E-state index >= 15 is 0 Å². The van der Waals surface area contributed by atoms with Gasteiger partial charge in [-0.1, -0.05) is 6.92 Å². The Morgan fingerprint density at radius 1 is 0.931 bits per heavy atom. The molecular weight excluding hydrogens is 360 g/mol. The molecule has 150 valence electrons. The Morgan fingerprint density at radius 2 is 1.69 bits per heavy atom. The van der Waals surface area contributed by atoms with Crippen LogP contribution in [0.4, 0.5) is 5.82 Å². The van der Waals surface area contributed by atoms with Gasteiger partial charge in [-0.3, -0.25) is 9.97 Å². The molecule has 0 unspecified atom stereocenters. The average Bonchev–Trinajstić information content (AvgIpc) is 3.16. The Hall–Kier alpha value is -2.60. The lowest BCUT2D eigenvalue weighted by atomic mass is 9.77. The minimum absolute atomic E-state index is 0.504. The highest BCUT2D eigenvalue weighted by atomic mass is 15.2. The largest absolute Gasteiger partial charge is 0.356 e. The first-order chi connectivity index (χ1) is 14.3. The fourth-order valence-corrected chi connectivity index (χ4v) is 4.97. The fourth-order valence-electron chi connectivity index (χ4n) is 4.97. The topological polar surface area (TPSA) is 58.0 Å². The van der Waals surface area contributed by atoms with Crippen LogP contribution in [0.25, 0.3) is 22.3 Å². The van der Waals surface area contributed by atoms with Crippen LogP contribution in [-0.2, 0) is 0 Å². The number of hydrogen-bond donors (Lipinski definition) is 0. The molecule has 0 N–H and O–H groups in total. The zero-order valence-electron chi connectivity index (χ0n) is 17.1. The standard InChI is InChI=1S/C23H28N6/c1-2-12-28-13-6-23(17-28)7-14-29(15-8-23)22-19-5-11-25-16-20(19)26-21(27-22)18-3-9-24-10-4-18/h3-5,9-11,16H,2,6-8,12-15,17H2,1H3. The smallest absolute Gasteiger partial charge is 0.162 e. The summed E-state index contributed by atoms with van der Waals surface area (Å²) in [4.78, 5) is 23.3. The molecule has 6 heteroatoms. The first-order valence-corrected chi connectivity index (χ1v) is 10.8. The van der Waals surface area contributed by atoms with E-state index in [0.29, 0.717) is 5.41 Å². The Kier molecular flexibility index (Phi) is 4.87. The molecule has 3 aromatic heterocycles. The summed E-state index contributed by atoms with van der Waals surface area (Å²) in [5.74, 6) is 1.79. The molecule has 0 aromatic carbocycles. The Balaban J connectivity index is 1.43.